The molecular formula is C22H21N3O3S. The molecule has 3 aromatic rings. The summed E-state index contributed by atoms with van der Waals surface area (Å²) in [6.45, 7) is 1.81. The minimum Gasteiger partial charge on any atom is -0.379 e. The van der Waals surface area contributed by atoms with Crippen LogP contribution in [0.2, 0.25) is 0 Å². The number of benzene rings is 1. The van der Waals surface area contributed by atoms with Gasteiger partial charge < -0.3 is 15.4 Å². The molecule has 1 saturated heterocycles. The Bertz CT molecular complexity index is 1080. The molecule has 0 bridgehead atoms. The van der Waals surface area contributed by atoms with E-state index >= 15 is 0 Å². The number of pyridine rings is 1. The molecule has 2 N–H and O–H groups in total. The number of carbonyl (C=O) groups excluding carboxylic acids is 2. The minimum atomic E-state index is -0.0951. The van der Waals surface area contributed by atoms with Gasteiger partial charge in [-0.15, -0.1) is 11.3 Å². The highest BCUT2D eigenvalue weighted by Crippen LogP contribution is 2.34. The van der Waals surface area contributed by atoms with Crippen molar-refractivity contribution in [1.82, 2.24) is 15.6 Å². The second kappa shape index (κ2) is 7.57. The molecule has 0 saturated carbocycles. The molecule has 1 aromatic carbocycles. The van der Waals surface area contributed by atoms with E-state index in [2.05, 4.69) is 15.6 Å². The van der Waals surface area contributed by atoms with Gasteiger partial charge in [0.1, 0.15) is 0 Å². The van der Waals surface area contributed by atoms with Crippen molar-refractivity contribution in [3.8, 4) is 0 Å². The lowest BCUT2D eigenvalue weighted by Gasteiger charge is -2.19. The van der Waals surface area contributed by atoms with Crippen molar-refractivity contribution in [1.29, 1.82) is 0 Å². The fraction of sp³-hybridized carbons (Fsp3) is 0.318. The third kappa shape index (κ3) is 3.52. The highest BCUT2D eigenvalue weighted by Gasteiger charge is 2.30. The van der Waals surface area contributed by atoms with Gasteiger partial charge in [-0.1, -0.05) is 0 Å². The minimum absolute atomic E-state index is 0.0134. The average Bonchev–Trinajstić information content (AvgIpc) is 3.33. The van der Waals surface area contributed by atoms with Crippen molar-refractivity contribution in [3.05, 3.63) is 64.3 Å². The molecule has 148 valence electrons. The van der Waals surface area contributed by atoms with Crippen LogP contribution in [-0.4, -0.2) is 42.6 Å². The summed E-state index contributed by atoms with van der Waals surface area (Å²) in [6.07, 6.45) is 5.22. The van der Waals surface area contributed by atoms with E-state index < -0.39 is 0 Å². The van der Waals surface area contributed by atoms with Gasteiger partial charge in [0.05, 0.1) is 24.1 Å². The molecular weight excluding hydrogens is 386 g/mol. The number of ether oxygens (including phenoxy) is 1. The number of carbonyl (C=O) groups is 2. The van der Waals surface area contributed by atoms with Gasteiger partial charge in [0.15, 0.2) is 0 Å². The van der Waals surface area contributed by atoms with Crippen LogP contribution in [0.1, 0.15) is 31.2 Å². The summed E-state index contributed by atoms with van der Waals surface area (Å²) >= 11 is 1.49. The van der Waals surface area contributed by atoms with Gasteiger partial charge >= 0.3 is 0 Å². The van der Waals surface area contributed by atoms with E-state index in [1.54, 1.807) is 12.4 Å². The van der Waals surface area contributed by atoms with Gasteiger partial charge in [0.25, 0.3) is 11.8 Å². The molecule has 6 nitrogen and oxygen atoms in total. The zero-order valence-electron chi connectivity index (χ0n) is 15.8. The Morgan fingerprint density at radius 3 is 2.97 bits per heavy atom. The normalized spacial score (nSPS) is 21.0. The Labute approximate surface area is 172 Å². The van der Waals surface area contributed by atoms with E-state index in [-0.39, 0.29) is 23.8 Å². The van der Waals surface area contributed by atoms with Crippen LogP contribution in [0, 0.1) is 5.92 Å². The van der Waals surface area contributed by atoms with E-state index in [0.29, 0.717) is 25.3 Å². The fourth-order valence-electron chi connectivity index (χ4n) is 4.14. The van der Waals surface area contributed by atoms with Crippen LogP contribution in [0.4, 0.5) is 0 Å². The average molecular weight is 407 g/mol. The molecule has 0 aliphatic carbocycles. The van der Waals surface area contributed by atoms with E-state index in [1.165, 1.54) is 16.9 Å². The molecule has 2 amide bonds. The molecule has 29 heavy (non-hydrogen) atoms. The molecule has 2 aromatic heterocycles. The highest BCUT2D eigenvalue weighted by molar-refractivity contribution is 7.21. The lowest BCUT2D eigenvalue weighted by Crippen LogP contribution is -2.40. The molecule has 2 atom stereocenters. The van der Waals surface area contributed by atoms with Crippen molar-refractivity contribution in [2.45, 2.75) is 18.9 Å². The van der Waals surface area contributed by atoms with Gasteiger partial charge in [0.2, 0.25) is 0 Å². The Morgan fingerprint density at radius 1 is 1.24 bits per heavy atom. The summed E-state index contributed by atoms with van der Waals surface area (Å²) in [5.74, 6) is 0.130. The summed E-state index contributed by atoms with van der Waals surface area (Å²) in [4.78, 5) is 29.9. The van der Waals surface area contributed by atoms with Gasteiger partial charge in [-0.3, -0.25) is 14.6 Å². The maximum atomic E-state index is 12.9. The third-order valence-corrected chi connectivity index (χ3v) is 6.89. The first-order chi connectivity index (χ1) is 14.2. The molecule has 2 aliphatic rings. The molecule has 1 fully saturated rings. The van der Waals surface area contributed by atoms with Crippen LogP contribution < -0.4 is 10.6 Å². The summed E-state index contributed by atoms with van der Waals surface area (Å²) in [6, 6.07) is 9.69. The highest BCUT2D eigenvalue weighted by atomic mass is 32.1. The van der Waals surface area contributed by atoms with Crippen molar-refractivity contribution in [2.24, 2.45) is 5.92 Å². The van der Waals surface area contributed by atoms with Gasteiger partial charge in [0, 0.05) is 35.1 Å². The predicted octanol–water partition coefficient (Wildman–Crippen LogP) is 2.57. The number of thiophene rings is 1. The maximum absolute atomic E-state index is 12.9. The van der Waals surface area contributed by atoms with Gasteiger partial charge in [-0.25, -0.2) is 0 Å². The van der Waals surface area contributed by atoms with Gasteiger partial charge in [-0.2, -0.15) is 0 Å². The van der Waals surface area contributed by atoms with Crippen LogP contribution >= 0.6 is 11.3 Å². The summed E-state index contributed by atoms with van der Waals surface area (Å²) < 4.78 is 6.69. The van der Waals surface area contributed by atoms with Crippen LogP contribution in [0.3, 0.4) is 0 Å². The number of aromatic nitrogens is 1. The predicted molar refractivity (Wildman–Crippen MR) is 111 cm³/mol. The number of nitrogens with zero attached hydrogens (tertiary/aromatic N) is 1. The molecule has 5 rings (SSSR count). The number of fused-ring (bicyclic) bond motifs is 3. The zero-order chi connectivity index (χ0) is 19.8. The van der Waals surface area contributed by atoms with Crippen LogP contribution in [0.15, 0.2) is 42.7 Å². The SMILES string of the molecule is O=C(N[C@@H]1COC[C@H]1Cc1ccncc1)c1ccc2sc3c(c2c1)CCNC3=O. The smallest absolute Gasteiger partial charge is 0.261 e. The summed E-state index contributed by atoms with van der Waals surface area (Å²) in [5, 5.41) is 7.06. The summed E-state index contributed by atoms with van der Waals surface area (Å²) in [7, 11) is 0. The molecule has 7 heteroatoms. The topological polar surface area (TPSA) is 80.3 Å². The van der Waals surface area contributed by atoms with Crippen LogP contribution in [0.25, 0.3) is 10.1 Å². The van der Waals surface area contributed by atoms with Crippen molar-refractivity contribution in [2.75, 3.05) is 19.8 Å². The van der Waals surface area contributed by atoms with Crippen molar-refractivity contribution >= 4 is 33.2 Å². The first-order valence-electron chi connectivity index (χ1n) is 9.80. The molecule has 4 heterocycles. The lowest BCUT2D eigenvalue weighted by atomic mass is 9.95. The Kier molecular flexibility index (Phi) is 4.77. The molecule has 0 spiro atoms. The van der Waals surface area contributed by atoms with Crippen LogP contribution in [-0.2, 0) is 17.6 Å². The molecule has 0 radical (unpaired) electrons. The van der Waals surface area contributed by atoms with E-state index in [9.17, 15) is 9.59 Å². The quantitative estimate of drug-likeness (QED) is 0.697. The number of rotatable bonds is 4. The van der Waals surface area contributed by atoms with E-state index in [1.807, 2.05) is 30.3 Å². The molecule has 2 aliphatic heterocycles. The number of nitrogens with one attached hydrogen (secondary N) is 2. The van der Waals surface area contributed by atoms with Crippen molar-refractivity contribution < 1.29 is 14.3 Å². The third-order valence-electron chi connectivity index (χ3n) is 5.68. The molecule has 0 unspecified atom stereocenters. The summed E-state index contributed by atoms with van der Waals surface area (Å²) in [5.41, 5.74) is 2.88. The Morgan fingerprint density at radius 2 is 2.10 bits per heavy atom. The Balaban J connectivity index is 1.35. The van der Waals surface area contributed by atoms with Crippen molar-refractivity contribution in [3.63, 3.8) is 0 Å². The van der Waals surface area contributed by atoms with Gasteiger partial charge in [-0.05, 0) is 59.7 Å². The fourth-order valence-corrected chi connectivity index (χ4v) is 5.28. The van der Waals surface area contributed by atoms with Crippen LogP contribution in [0.5, 0.6) is 0 Å². The lowest BCUT2D eigenvalue weighted by molar-refractivity contribution is 0.0923. The number of amides is 2. The standard InChI is InChI=1S/C22H21N3O3S/c26-21(25-18-12-28-11-15(18)9-13-3-6-23-7-4-13)14-1-2-19-17(10-14)16-5-8-24-22(27)20(16)29-19/h1-4,6-7,10,15,18H,5,8-9,11-12H2,(H,24,27)(H,25,26)/t15-,18-/m1/s1. The number of hydrogen-bond acceptors (Lipinski definition) is 5. The Hall–Kier alpha value is -2.77. The maximum Gasteiger partial charge on any atom is 0.261 e. The largest absolute Gasteiger partial charge is 0.379 e. The first-order valence-corrected chi connectivity index (χ1v) is 10.6. The number of hydrogen-bond donors (Lipinski definition) is 2. The second-order valence-electron chi connectivity index (χ2n) is 7.56. The zero-order valence-corrected chi connectivity index (χ0v) is 16.6. The van der Waals surface area contributed by atoms with E-state index in [0.717, 1.165) is 33.4 Å². The second-order valence-corrected chi connectivity index (χ2v) is 8.62. The van der Waals surface area contributed by atoms with E-state index in [4.69, 9.17) is 4.74 Å². The monoisotopic (exact) mass is 407 g/mol. The first kappa shape index (κ1) is 18.3.